The molecule has 0 saturated heterocycles. The van der Waals surface area contributed by atoms with Gasteiger partial charge in [0.2, 0.25) is 0 Å². The highest BCUT2D eigenvalue weighted by Gasteiger charge is 2.29. The molecule has 0 aromatic carbocycles. The van der Waals surface area contributed by atoms with Crippen LogP contribution in [0.25, 0.3) is 0 Å². The quantitative estimate of drug-likeness (QED) is 0.580. The van der Waals surface area contributed by atoms with Gasteiger partial charge in [0.25, 0.3) is 0 Å². The lowest BCUT2D eigenvalue weighted by atomic mass is 9.82. The van der Waals surface area contributed by atoms with Crippen LogP contribution in [0.4, 0.5) is 0 Å². The first-order valence-electron chi connectivity index (χ1n) is 7.75. The SMILES string of the molecule is CCC1=C(C)C(CC2C(C)=CC(CC)=C2C)C(C)=C1. The van der Waals surface area contributed by atoms with Crippen LogP contribution in [0.1, 0.15) is 60.8 Å². The molecule has 2 atom stereocenters. The van der Waals surface area contributed by atoms with Gasteiger partial charge in [0, 0.05) is 11.8 Å². The van der Waals surface area contributed by atoms with Gasteiger partial charge in [-0.15, -0.1) is 0 Å². The van der Waals surface area contributed by atoms with Gasteiger partial charge < -0.3 is 0 Å². The Hall–Kier alpha value is -1.04. The molecule has 0 spiro atoms. The molecule has 0 radical (unpaired) electrons. The lowest BCUT2D eigenvalue weighted by molar-refractivity contribution is 0.548. The van der Waals surface area contributed by atoms with Gasteiger partial charge in [-0.25, -0.2) is 0 Å². The van der Waals surface area contributed by atoms with Crippen LogP contribution in [-0.2, 0) is 0 Å². The summed E-state index contributed by atoms with van der Waals surface area (Å²) in [6, 6.07) is 0. The summed E-state index contributed by atoms with van der Waals surface area (Å²) in [4.78, 5) is 0. The summed E-state index contributed by atoms with van der Waals surface area (Å²) in [6.07, 6.45) is 8.47. The number of rotatable bonds is 4. The van der Waals surface area contributed by atoms with Gasteiger partial charge in [0.15, 0.2) is 0 Å². The van der Waals surface area contributed by atoms with Crippen molar-refractivity contribution in [2.45, 2.75) is 60.8 Å². The van der Waals surface area contributed by atoms with Crippen LogP contribution in [0.15, 0.2) is 45.6 Å². The van der Waals surface area contributed by atoms with Gasteiger partial charge in [-0.3, -0.25) is 0 Å². The molecule has 0 nitrogen and oxygen atoms in total. The molecule has 2 rings (SSSR count). The predicted molar refractivity (Wildman–Crippen MR) is 85.1 cm³/mol. The van der Waals surface area contributed by atoms with Gasteiger partial charge in [-0.05, 0) is 58.1 Å². The molecule has 104 valence electrons. The summed E-state index contributed by atoms with van der Waals surface area (Å²) in [5.41, 5.74) is 9.51. The standard InChI is InChI=1S/C19H28/c1-7-16-9-12(3)18(14(16)5)11-19-13(4)10-17(8-2)15(19)6/h9-10,18-19H,7-8,11H2,1-6H3. The maximum atomic E-state index is 2.42. The highest BCUT2D eigenvalue weighted by atomic mass is 14.3. The third kappa shape index (κ3) is 2.50. The molecule has 0 amide bonds. The van der Waals surface area contributed by atoms with Crippen molar-refractivity contribution in [2.75, 3.05) is 0 Å². The summed E-state index contributed by atoms with van der Waals surface area (Å²) < 4.78 is 0. The third-order valence-corrected chi connectivity index (χ3v) is 5.19. The van der Waals surface area contributed by atoms with E-state index in [9.17, 15) is 0 Å². The van der Waals surface area contributed by atoms with Gasteiger partial charge in [-0.1, -0.05) is 48.3 Å². The largest absolute Gasteiger partial charge is 0.0658 e. The summed E-state index contributed by atoms with van der Waals surface area (Å²) in [6.45, 7) is 13.8. The maximum absolute atomic E-state index is 2.42. The van der Waals surface area contributed by atoms with E-state index in [-0.39, 0.29) is 0 Å². The van der Waals surface area contributed by atoms with Crippen molar-refractivity contribution in [3.63, 3.8) is 0 Å². The van der Waals surface area contributed by atoms with Crippen molar-refractivity contribution in [3.05, 3.63) is 45.6 Å². The Kier molecular flexibility index (Phi) is 4.18. The average molecular weight is 256 g/mol. The minimum Gasteiger partial charge on any atom is -0.0658 e. The molecule has 2 unspecified atom stereocenters. The van der Waals surface area contributed by atoms with Crippen molar-refractivity contribution in [1.29, 1.82) is 0 Å². The highest BCUT2D eigenvalue weighted by Crippen LogP contribution is 2.43. The molecule has 0 N–H and O–H groups in total. The third-order valence-electron chi connectivity index (χ3n) is 5.19. The molecule has 2 aliphatic rings. The Morgan fingerprint density at radius 1 is 0.737 bits per heavy atom. The molecule has 0 bridgehead atoms. The summed E-state index contributed by atoms with van der Waals surface area (Å²) in [7, 11) is 0. The van der Waals surface area contributed by atoms with Crippen molar-refractivity contribution in [3.8, 4) is 0 Å². The van der Waals surface area contributed by atoms with E-state index >= 15 is 0 Å². The Bertz CT molecular complexity index is 448. The van der Waals surface area contributed by atoms with Crippen LogP contribution in [-0.4, -0.2) is 0 Å². The Morgan fingerprint density at radius 3 is 1.37 bits per heavy atom. The van der Waals surface area contributed by atoms with E-state index in [2.05, 4.69) is 53.7 Å². The first-order valence-corrected chi connectivity index (χ1v) is 7.75. The molecule has 0 heterocycles. The lowest BCUT2D eigenvalue weighted by Gasteiger charge is -2.22. The normalized spacial score (nSPS) is 27.3. The van der Waals surface area contributed by atoms with E-state index in [4.69, 9.17) is 0 Å². The molecular formula is C19H28. The summed E-state index contributed by atoms with van der Waals surface area (Å²) in [5, 5.41) is 0. The Labute approximate surface area is 119 Å². The molecule has 0 aromatic heterocycles. The molecular weight excluding hydrogens is 228 g/mol. The van der Waals surface area contributed by atoms with Crippen LogP contribution in [0.2, 0.25) is 0 Å². The Balaban J connectivity index is 2.20. The molecule has 2 aliphatic carbocycles. The van der Waals surface area contributed by atoms with Crippen LogP contribution in [0.3, 0.4) is 0 Å². The second-order valence-corrected chi connectivity index (χ2v) is 6.24. The minimum atomic E-state index is 0.675. The van der Waals surface area contributed by atoms with Gasteiger partial charge in [0.1, 0.15) is 0 Å². The van der Waals surface area contributed by atoms with Crippen LogP contribution < -0.4 is 0 Å². The topological polar surface area (TPSA) is 0 Å². The van der Waals surface area contributed by atoms with E-state index in [1.54, 1.807) is 33.4 Å². The maximum Gasteiger partial charge on any atom is 0.00192 e. The number of allylic oxidation sites excluding steroid dienone is 8. The molecule has 0 aromatic rings. The lowest BCUT2D eigenvalue weighted by Crippen LogP contribution is -2.10. The second-order valence-electron chi connectivity index (χ2n) is 6.24. The molecule has 19 heavy (non-hydrogen) atoms. The van der Waals surface area contributed by atoms with Crippen molar-refractivity contribution < 1.29 is 0 Å². The molecule has 0 fully saturated rings. The zero-order chi connectivity index (χ0) is 14.2. The second kappa shape index (κ2) is 5.53. The smallest absolute Gasteiger partial charge is 0.00192 e. The summed E-state index contributed by atoms with van der Waals surface area (Å²) >= 11 is 0. The van der Waals surface area contributed by atoms with Crippen molar-refractivity contribution >= 4 is 0 Å². The van der Waals surface area contributed by atoms with Crippen LogP contribution in [0.5, 0.6) is 0 Å². The zero-order valence-corrected chi connectivity index (χ0v) is 13.4. The highest BCUT2D eigenvalue weighted by molar-refractivity contribution is 5.44. The van der Waals surface area contributed by atoms with Gasteiger partial charge >= 0.3 is 0 Å². The first kappa shape index (κ1) is 14.4. The summed E-state index contributed by atoms with van der Waals surface area (Å²) in [5.74, 6) is 1.35. The van der Waals surface area contributed by atoms with E-state index in [0.29, 0.717) is 11.8 Å². The van der Waals surface area contributed by atoms with Crippen LogP contribution in [0, 0.1) is 11.8 Å². The fraction of sp³-hybridized carbons (Fsp3) is 0.579. The fourth-order valence-corrected chi connectivity index (χ4v) is 3.83. The van der Waals surface area contributed by atoms with Gasteiger partial charge in [0.05, 0.1) is 0 Å². The van der Waals surface area contributed by atoms with E-state index in [1.165, 1.54) is 19.3 Å². The average Bonchev–Trinajstić information content (AvgIpc) is 2.82. The monoisotopic (exact) mass is 256 g/mol. The van der Waals surface area contributed by atoms with E-state index in [1.807, 2.05) is 0 Å². The molecule has 0 aliphatic heterocycles. The van der Waals surface area contributed by atoms with Crippen molar-refractivity contribution in [1.82, 2.24) is 0 Å². The fourth-order valence-electron chi connectivity index (χ4n) is 3.83. The van der Waals surface area contributed by atoms with E-state index < -0.39 is 0 Å². The Morgan fingerprint density at radius 2 is 1.11 bits per heavy atom. The zero-order valence-electron chi connectivity index (χ0n) is 13.4. The van der Waals surface area contributed by atoms with Crippen molar-refractivity contribution in [2.24, 2.45) is 11.8 Å². The molecule has 0 saturated carbocycles. The minimum absolute atomic E-state index is 0.675. The first-order chi connectivity index (χ1) is 8.99. The number of hydrogen-bond acceptors (Lipinski definition) is 0. The predicted octanol–water partition coefficient (Wildman–Crippen LogP) is 5.98. The van der Waals surface area contributed by atoms with Gasteiger partial charge in [-0.2, -0.15) is 0 Å². The number of hydrogen-bond donors (Lipinski definition) is 0. The van der Waals surface area contributed by atoms with E-state index in [0.717, 1.165) is 0 Å². The molecule has 0 heteroatoms. The van der Waals surface area contributed by atoms with Crippen LogP contribution >= 0.6 is 0 Å².